The molecule has 13 nitrogen and oxygen atoms in total. The van der Waals surface area contributed by atoms with Gasteiger partial charge in [0, 0.05) is 0 Å². The van der Waals surface area contributed by atoms with Gasteiger partial charge < -0.3 is 29.9 Å². The molecule has 3 heterocycles. The van der Waals surface area contributed by atoms with Gasteiger partial charge in [-0.15, -0.1) is 0 Å². The molecule has 0 saturated carbocycles. The number of ether oxygens (including phenoxy) is 2. The maximum Gasteiger partial charge on any atom is 0.455 e. The second-order valence-electron chi connectivity index (χ2n) is 11.4. The van der Waals surface area contributed by atoms with Crippen LogP contribution in [-0.4, -0.2) is 74.5 Å². The lowest BCUT2D eigenvalue weighted by atomic mass is 9.93. The Hall–Kier alpha value is -2.78. The number of aromatic nitrogens is 3. The highest BCUT2D eigenvalue weighted by Gasteiger charge is 2.57. The number of carbonyl (C=O) groups is 1. The maximum absolute atomic E-state index is 14.7. The van der Waals surface area contributed by atoms with Crippen molar-refractivity contribution in [2.45, 2.75) is 64.1 Å². The van der Waals surface area contributed by atoms with Gasteiger partial charge in [0.2, 0.25) is 0 Å². The summed E-state index contributed by atoms with van der Waals surface area (Å²) in [6, 6.07) is 10.4. The fourth-order valence-electron chi connectivity index (χ4n) is 4.21. The molecular weight excluding hydrogens is 604 g/mol. The fourth-order valence-corrected chi connectivity index (χ4v) is 7.04. The smallest absolute Gasteiger partial charge is 0.455 e. The number of rotatable bonds is 13. The van der Waals surface area contributed by atoms with E-state index in [-0.39, 0.29) is 29.3 Å². The van der Waals surface area contributed by atoms with Gasteiger partial charge in [0.05, 0.1) is 30.5 Å². The number of nitrogen functional groups attached to an aromatic ring is 1. The van der Waals surface area contributed by atoms with Crippen LogP contribution < -0.4 is 15.0 Å². The van der Waals surface area contributed by atoms with E-state index in [0.29, 0.717) is 23.5 Å². The van der Waals surface area contributed by atoms with Crippen molar-refractivity contribution >= 4 is 35.7 Å². The molecule has 4 rings (SSSR count). The summed E-state index contributed by atoms with van der Waals surface area (Å²) in [4.78, 5) is 16.4. The Labute approximate surface area is 252 Å². The molecule has 236 valence electrons. The van der Waals surface area contributed by atoms with Crippen LogP contribution in [0, 0.1) is 5.41 Å². The molecule has 1 unspecified atom stereocenters. The SMILES string of the molecule is C[C@H](NSP(=O)(OC[C@@]1(CF)O[C@@H](c2ccc3c(N)ncnn23)[C@H](O)[C@@H]1O)Oc1ccccc1)C(=O)OCCC(C)(C)C. The fraction of sp³-hybridized carbons (Fsp3) is 0.519. The molecule has 43 heavy (non-hydrogen) atoms. The highest BCUT2D eigenvalue weighted by molar-refractivity contribution is 8.54. The zero-order valence-corrected chi connectivity index (χ0v) is 26.0. The summed E-state index contributed by atoms with van der Waals surface area (Å²) >= 11 is 0.494. The number of hydrogen-bond acceptors (Lipinski definition) is 13. The molecule has 1 saturated heterocycles. The Bertz CT molecular complexity index is 1440. The van der Waals surface area contributed by atoms with Crippen molar-refractivity contribution < 1.29 is 42.5 Å². The topological polar surface area (TPSA) is 180 Å². The molecule has 3 aromatic rings. The molecule has 0 bridgehead atoms. The van der Waals surface area contributed by atoms with E-state index in [1.54, 1.807) is 30.3 Å². The van der Waals surface area contributed by atoms with Crippen LogP contribution in [0.4, 0.5) is 10.2 Å². The van der Waals surface area contributed by atoms with Gasteiger partial charge in [0.25, 0.3) is 0 Å². The van der Waals surface area contributed by atoms with E-state index < -0.39 is 56.0 Å². The predicted molar refractivity (Wildman–Crippen MR) is 158 cm³/mol. The monoisotopic (exact) mass is 641 g/mol. The lowest BCUT2D eigenvalue weighted by Crippen LogP contribution is -2.48. The van der Waals surface area contributed by atoms with Crippen LogP contribution >= 0.6 is 18.4 Å². The molecule has 0 spiro atoms. The number of halogens is 1. The lowest BCUT2D eigenvalue weighted by Gasteiger charge is -2.30. The van der Waals surface area contributed by atoms with Crippen LogP contribution in [0.1, 0.15) is 45.9 Å². The molecular formula is C27H37FN5O8PS. The average molecular weight is 642 g/mol. The second-order valence-corrected chi connectivity index (χ2v) is 15.0. The van der Waals surface area contributed by atoms with Crippen molar-refractivity contribution in [2.75, 3.05) is 25.6 Å². The number of aliphatic hydroxyl groups is 2. The molecule has 6 atom stereocenters. The Morgan fingerprint density at radius 1 is 1.28 bits per heavy atom. The molecule has 1 aliphatic heterocycles. The van der Waals surface area contributed by atoms with Crippen LogP contribution in [0.2, 0.25) is 0 Å². The summed E-state index contributed by atoms with van der Waals surface area (Å²) < 4.78 is 55.2. The van der Waals surface area contributed by atoms with Gasteiger partial charge in [-0.25, -0.2) is 23.2 Å². The van der Waals surface area contributed by atoms with Gasteiger partial charge in [0.15, 0.2) is 5.82 Å². The van der Waals surface area contributed by atoms with Crippen molar-refractivity contribution in [3.05, 3.63) is 54.5 Å². The van der Waals surface area contributed by atoms with Gasteiger partial charge in [-0.3, -0.25) is 9.32 Å². The highest BCUT2D eigenvalue weighted by atomic mass is 32.7. The third-order valence-electron chi connectivity index (χ3n) is 6.78. The van der Waals surface area contributed by atoms with E-state index >= 15 is 0 Å². The number of esters is 1. The molecule has 0 amide bonds. The summed E-state index contributed by atoms with van der Waals surface area (Å²) in [6.45, 7) is 1.46. The standard InChI is InChI=1S/C27H37FN5O8PS/c1-17(25(36)38-13-12-26(2,3)4)32-43-42(37,41-18-8-6-5-7-9-18)39-15-27(14-28)23(35)21(34)22(40-27)19-10-11-20-24(29)30-16-31-33(19)20/h5-11,16-17,21-23,32,34-35H,12-15H2,1-4H3,(H2,29,30,31)/t17-,21-,22-,23-,27+,42?/m0/s1. The van der Waals surface area contributed by atoms with E-state index in [2.05, 4.69) is 14.8 Å². The summed E-state index contributed by atoms with van der Waals surface area (Å²) in [6.07, 6.45) is -2.77. The van der Waals surface area contributed by atoms with Crippen molar-refractivity contribution in [2.24, 2.45) is 5.41 Å². The number of nitrogens with two attached hydrogens (primary N) is 1. The zero-order chi connectivity index (χ0) is 31.4. The van der Waals surface area contributed by atoms with Crippen molar-refractivity contribution in [1.82, 2.24) is 19.3 Å². The number of nitrogens with zero attached hydrogens (tertiary/aromatic N) is 3. The van der Waals surface area contributed by atoms with Crippen LogP contribution in [0.25, 0.3) is 5.52 Å². The minimum absolute atomic E-state index is 0.0275. The molecule has 1 fully saturated rings. The largest absolute Gasteiger partial charge is 0.464 e. The number of alkyl halides is 1. The molecule has 16 heteroatoms. The number of fused-ring (bicyclic) bond motifs is 1. The van der Waals surface area contributed by atoms with E-state index in [9.17, 15) is 24.0 Å². The van der Waals surface area contributed by atoms with Crippen LogP contribution in [0.5, 0.6) is 5.75 Å². The Morgan fingerprint density at radius 2 is 2.00 bits per heavy atom. The number of nitrogens with one attached hydrogen (secondary N) is 1. The number of anilines is 1. The first-order valence-corrected chi connectivity index (χ1v) is 16.5. The quantitative estimate of drug-likeness (QED) is 0.121. The van der Waals surface area contributed by atoms with Gasteiger partial charge in [0.1, 0.15) is 54.2 Å². The molecule has 2 aromatic heterocycles. The second kappa shape index (κ2) is 13.5. The minimum Gasteiger partial charge on any atom is -0.464 e. The maximum atomic E-state index is 14.7. The van der Waals surface area contributed by atoms with Crippen molar-refractivity contribution in [1.29, 1.82) is 0 Å². The Balaban J connectivity index is 1.49. The Kier molecular flexibility index (Phi) is 10.4. The number of carbonyl (C=O) groups excluding carboxylic acids is 1. The van der Waals surface area contributed by atoms with Crippen LogP contribution in [0.15, 0.2) is 48.8 Å². The normalized spacial score (nSPS) is 24.5. The summed E-state index contributed by atoms with van der Waals surface area (Å²) in [5.74, 6) is -0.226. The van der Waals surface area contributed by atoms with Gasteiger partial charge >= 0.3 is 12.8 Å². The highest BCUT2D eigenvalue weighted by Crippen LogP contribution is 2.60. The van der Waals surface area contributed by atoms with Gasteiger partial charge in [-0.1, -0.05) is 39.0 Å². The first kappa shape index (κ1) is 33.1. The lowest BCUT2D eigenvalue weighted by molar-refractivity contribution is -0.145. The molecule has 1 aliphatic rings. The first-order chi connectivity index (χ1) is 20.3. The minimum atomic E-state index is -4.25. The number of hydrogen-bond donors (Lipinski definition) is 4. The molecule has 1 aromatic carbocycles. The van der Waals surface area contributed by atoms with Crippen LogP contribution in [0.3, 0.4) is 0 Å². The third kappa shape index (κ3) is 7.85. The van der Waals surface area contributed by atoms with Gasteiger partial charge in [-0.05, 0) is 43.0 Å². The van der Waals surface area contributed by atoms with E-state index in [4.69, 9.17) is 24.3 Å². The molecule has 0 radical (unpaired) electrons. The van der Waals surface area contributed by atoms with E-state index in [1.807, 2.05) is 20.8 Å². The average Bonchev–Trinajstić information content (AvgIpc) is 3.50. The molecule has 0 aliphatic carbocycles. The number of aliphatic hydroxyl groups excluding tert-OH is 2. The zero-order valence-electron chi connectivity index (χ0n) is 24.3. The first-order valence-electron chi connectivity index (χ1n) is 13.6. The van der Waals surface area contributed by atoms with E-state index in [0.717, 1.165) is 0 Å². The summed E-state index contributed by atoms with van der Waals surface area (Å²) in [7, 11) is 0. The summed E-state index contributed by atoms with van der Waals surface area (Å²) in [5, 5.41) is 25.9. The van der Waals surface area contributed by atoms with Crippen molar-refractivity contribution in [3.8, 4) is 5.75 Å². The van der Waals surface area contributed by atoms with Gasteiger partial charge in [-0.2, -0.15) is 5.10 Å². The predicted octanol–water partition coefficient (Wildman–Crippen LogP) is 3.62. The van der Waals surface area contributed by atoms with Crippen molar-refractivity contribution in [3.63, 3.8) is 0 Å². The summed E-state index contributed by atoms with van der Waals surface area (Å²) in [5.41, 5.74) is 4.44. The van der Waals surface area contributed by atoms with Crippen LogP contribution in [-0.2, 0) is 23.4 Å². The van der Waals surface area contributed by atoms with E-state index in [1.165, 1.54) is 29.9 Å². The molecule has 5 N–H and O–H groups in total. The number of benzene rings is 1. The number of para-hydroxylation sites is 1. The Morgan fingerprint density at radius 3 is 2.67 bits per heavy atom. The third-order valence-corrected chi connectivity index (χ3v) is 9.87.